The Balaban J connectivity index is 2.01. The zero-order valence-corrected chi connectivity index (χ0v) is 7.57. The highest BCUT2D eigenvalue weighted by Crippen LogP contribution is 2.22. The van der Waals surface area contributed by atoms with Gasteiger partial charge in [-0.15, -0.1) is 0 Å². The van der Waals surface area contributed by atoms with Crippen molar-refractivity contribution in [1.82, 2.24) is 9.97 Å². The number of aromatic nitrogens is 2. The SMILES string of the molecule is Cc1nccc(N[C@@H]2CC[C@H]2O)n1. The van der Waals surface area contributed by atoms with Crippen LogP contribution in [0, 0.1) is 6.92 Å². The van der Waals surface area contributed by atoms with Gasteiger partial charge in [0.25, 0.3) is 0 Å². The first-order valence-electron chi connectivity index (χ1n) is 4.50. The number of aliphatic hydroxyl groups is 1. The number of aryl methyl sites for hydroxylation is 1. The lowest BCUT2D eigenvalue weighted by atomic mass is 9.89. The third-order valence-electron chi connectivity index (χ3n) is 2.35. The number of hydrogen-bond acceptors (Lipinski definition) is 4. The molecule has 0 aromatic carbocycles. The normalized spacial score (nSPS) is 26.6. The second-order valence-electron chi connectivity index (χ2n) is 3.38. The van der Waals surface area contributed by atoms with Crippen LogP contribution in [0.3, 0.4) is 0 Å². The number of nitrogens with one attached hydrogen (secondary N) is 1. The van der Waals surface area contributed by atoms with Crippen LogP contribution in [0.25, 0.3) is 0 Å². The predicted molar refractivity (Wildman–Crippen MR) is 49.4 cm³/mol. The van der Waals surface area contributed by atoms with Crippen LogP contribution in [0.1, 0.15) is 18.7 Å². The Hall–Kier alpha value is -1.16. The summed E-state index contributed by atoms with van der Waals surface area (Å²) < 4.78 is 0. The smallest absolute Gasteiger partial charge is 0.129 e. The first-order valence-corrected chi connectivity index (χ1v) is 4.50. The fraction of sp³-hybridized carbons (Fsp3) is 0.556. The van der Waals surface area contributed by atoms with E-state index in [-0.39, 0.29) is 12.1 Å². The van der Waals surface area contributed by atoms with Crippen molar-refractivity contribution in [2.24, 2.45) is 0 Å². The number of hydrogen-bond donors (Lipinski definition) is 2. The van der Waals surface area contributed by atoms with Crippen LogP contribution in [0.15, 0.2) is 12.3 Å². The molecule has 1 heterocycles. The van der Waals surface area contributed by atoms with Crippen molar-refractivity contribution in [2.45, 2.75) is 31.9 Å². The standard InChI is InChI=1S/C9H13N3O/c1-6-10-5-4-9(11-6)12-7-2-3-8(7)13/h4-5,7-8,13H,2-3H2,1H3,(H,10,11,12)/t7-,8-/m1/s1. The lowest BCUT2D eigenvalue weighted by Crippen LogP contribution is -2.42. The van der Waals surface area contributed by atoms with Crippen LogP contribution in [-0.4, -0.2) is 27.2 Å². The average Bonchev–Trinajstić information content (AvgIpc) is 2.12. The van der Waals surface area contributed by atoms with Crippen LogP contribution < -0.4 is 5.32 Å². The largest absolute Gasteiger partial charge is 0.391 e. The zero-order chi connectivity index (χ0) is 9.26. The molecule has 0 bridgehead atoms. The Morgan fingerprint density at radius 1 is 1.54 bits per heavy atom. The second-order valence-corrected chi connectivity index (χ2v) is 3.38. The van der Waals surface area contributed by atoms with Crippen molar-refractivity contribution in [2.75, 3.05) is 5.32 Å². The molecule has 1 aliphatic carbocycles. The number of nitrogens with zero attached hydrogens (tertiary/aromatic N) is 2. The van der Waals surface area contributed by atoms with Gasteiger partial charge in [-0.25, -0.2) is 9.97 Å². The van der Waals surface area contributed by atoms with Gasteiger partial charge in [0, 0.05) is 6.20 Å². The van der Waals surface area contributed by atoms with Crippen LogP contribution in [0.4, 0.5) is 5.82 Å². The number of anilines is 1. The van der Waals surface area contributed by atoms with Crippen molar-refractivity contribution < 1.29 is 5.11 Å². The number of rotatable bonds is 2. The molecule has 0 radical (unpaired) electrons. The molecule has 0 saturated heterocycles. The fourth-order valence-electron chi connectivity index (χ4n) is 1.38. The van der Waals surface area contributed by atoms with Gasteiger partial charge in [-0.1, -0.05) is 0 Å². The minimum absolute atomic E-state index is 0.175. The van der Waals surface area contributed by atoms with E-state index >= 15 is 0 Å². The van der Waals surface area contributed by atoms with Crippen LogP contribution in [0.2, 0.25) is 0 Å². The summed E-state index contributed by atoms with van der Waals surface area (Å²) in [5.41, 5.74) is 0. The van der Waals surface area contributed by atoms with Gasteiger partial charge < -0.3 is 10.4 Å². The van der Waals surface area contributed by atoms with E-state index in [0.717, 1.165) is 24.5 Å². The molecule has 1 saturated carbocycles. The monoisotopic (exact) mass is 179 g/mol. The van der Waals surface area contributed by atoms with E-state index in [1.54, 1.807) is 6.20 Å². The van der Waals surface area contributed by atoms with Crippen LogP contribution in [0.5, 0.6) is 0 Å². The first-order chi connectivity index (χ1) is 6.25. The fourth-order valence-corrected chi connectivity index (χ4v) is 1.38. The minimum atomic E-state index is -0.213. The summed E-state index contributed by atoms with van der Waals surface area (Å²) in [5, 5.41) is 12.5. The van der Waals surface area contributed by atoms with Gasteiger partial charge in [-0.2, -0.15) is 0 Å². The van der Waals surface area contributed by atoms with Gasteiger partial charge in [-0.3, -0.25) is 0 Å². The molecule has 2 rings (SSSR count). The second kappa shape index (κ2) is 3.30. The van der Waals surface area contributed by atoms with E-state index in [0.29, 0.717) is 0 Å². The van der Waals surface area contributed by atoms with Crippen molar-refractivity contribution in [3.05, 3.63) is 18.1 Å². The molecule has 0 spiro atoms. The minimum Gasteiger partial charge on any atom is -0.391 e. The van der Waals surface area contributed by atoms with E-state index < -0.39 is 0 Å². The highest BCUT2D eigenvalue weighted by molar-refractivity contribution is 5.35. The molecule has 1 aliphatic rings. The molecule has 0 amide bonds. The maximum absolute atomic E-state index is 9.33. The van der Waals surface area contributed by atoms with Crippen molar-refractivity contribution in [3.8, 4) is 0 Å². The molecule has 2 N–H and O–H groups in total. The third-order valence-corrected chi connectivity index (χ3v) is 2.35. The highest BCUT2D eigenvalue weighted by Gasteiger charge is 2.28. The molecule has 70 valence electrons. The zero-order valence-electron chi connectivity index (χ0n) is 7.57. The van der Waals surface area contributed by atoms with E-state index in [4.69, 9.17) is 0 Å². The molecule has 1 fully saturated rings. The summed E-state index contributed by atoms with van der Waals surface area (Å²) in [6.07, 6.45) is 3.41. The first kappa shape index (κ1) is 8.44. The summed E-state index contributed by atoms with van der Waals surface area (Å²) >= 11 is 0. The van der Waals surface area contributed by atoms with Crippen molar-refractivity contribution in [1.29, 1.82) is 0 Å². The van der Waals surface area contributed by atoms with Gasteiger partial charge in [0.2, 0.25) is 0 Å². The topological polar surface area (TPSA) is 58.0 Å². The molecule has 0 aliphatic heterocycles. The molecule has 2 atom stereocenters. The summed E-state index contributed by atoms with van der Waals surface area (Å²) in [7, 11) is 0. The lowest BCUT2D eigenvalue weighted by Gasteiger charge is -2.33. The molecular formula is C9H13N3O. The van der Waals surface area contributed by atoms with Crippen LogP contribution in [-0.2, 0) is 0 Å². The Labute approximate surface area is 77.0 Å². The van der Waals surface area contributed by atoms with E-state index in [9.17, 15) is 5.11 Å². The molecule has 1 aromatic rings. The van der Waals surface area contributed by atoms with Gasteiger partial charge in [0.1, 0.15) is 11.6 Å². The van der Waals surface area contributed by atoms with E-state index in [1.807, 2.05) is 13.0 Å². The molecule has 13 heavy (non-hydrogen) atoms. The van der Waals surface area contributed by atoms with E-state index in [2.05, 4.69) is 15.3 Å². The van der Waals surface area contributed by atoms with E-state index in [1.165, 1.54) is 0 Å². The molecular weight excluding hydrogens is 166 g/mol. The molecule has 0 unspecified atom stereocenters. The Morgan fingerprint density at radius 3 is 2.92 bits per heavy atom. The Bertz CT molecular complexity index is 303. The third kappa shape index (κ3) is 1.78. The lowest BCUT2D eigenvalue weighted by molar-refractivity contribution is 0.0784. The Morgan fingerprint density at radius 2 is 2.38 bits per heavy atom. The van der Waals surface area contributed by atoms with Gasteiger partial charge in [-0.05, 0) is 25.8 Å². The average molecular weight is 179 g/mol. The maximum Gasteiger partial charge on any atom is 0.129 e. The van der Waals surface area contributed by atoms with Crippen molar-refractivity contribution in [3.63, 3.8) is 0 Å². The number of aliphatic hydroxyl groups excluding tert-OH is 1. The summed E-state index contributed by atoms with van der Waals surface area (Å²) in [6.45, 7) is 1.85. The van der Waals surface area contributed by atoms with Gasteiger partial charge >= 0.3 is 0 Å². The predicted octanol–water partition coefficient (Wildman–Crippen LogP) is 0.720. The summed E-state index contributed by atoms with van der Waals surface area (Å²) in [5.74, 6) is 1.55. The van der Waals surface area contributed by atoms with Crippen molar-refractivity contribution >= 4 is 5.82 Å². The molecule has 1 aromatic heterocycles. The molecule has 4 heteroatoms. The summed E-state index contributed by atoms with van der Waals surface area (Å²) in [6, 6.07) is 1.99. The van der Waals surface area contributed by atoms with Crippen LogP contribution >= 0.6 is 0 Å². The maximum atomic E-state index is 9.33. The summed E-state index contributed by atoms with van der Waals surface area (Å²) in [4.78, 5) is 8.19. The highest BCUT2D eigenvalue weighted by atomic mass is 16.3. The van der Waals surface area contributed by atoms with Gasteiger partial charge in [0.15, 0.2) is 0 Å². The molecule has 4 nitrogen and oxygen atoms in total. The van der Waals surface area contributed by atoms with Gasteiger partial charge in [0.05, 0.1) is 12.1 Å². The Kier molecular flexibility index (Phi) is 2.14. The quantitative estimate of drug-likeness (QED) is 0.702.